The van der Waals surface area contributed by atoms with Crippen molar-refractivity contribution < 1.29 is 0 Å². The number of nitrogens with two attached hydrogens (primary N) is 1. The van der Waals surface area contributed by atoms with E-state index in [0.29, 0.717) is 18.0 Å². The Morgan fingerprint density at radius 3 is 3.09 bits per heavy atom. The molecule has 0 aromatic heterocycles. The third kappa shape index (κ3) is 1.96. The molecule has 2 heterocycles. The Hall–Kier alpha value is -1.58. The van der Waals surface area contributed by atoms with Gasteiger partial charge in [0.2, 0.25) is 0 Å². The van der Waals surface area contributed by atoms with Gasteiger partial charge in [-0.15, -0.1) is 6.58 Å². The maximum absolute atomic E-state index is 6.29. The van der Waals surface area contributed by atoms with E-state index in [-0.39, 0.29) is 6.04 Å². The van der Waals surface area contributed by atoms with E-state index in [2.05, 4.69) is 48.0 Å². The topological polar surface area (TPSA) is 41.3 Å². The minimum atomic E-state index is 0.120. The van der Waals surface area contributed by atoms with Crippen molar-refractivity contribution in [3.63, 3.8) is 0 Å². The zero-order chi connectivity index (χ0) is 15.3. The number of anilines is 1. The van der Waals surface area contributed by atoms with Crippen LogP contribution in [0.5, 0.6) is 0 Å². The van der Waals surface area contributed by atoms with Gasteiger partial charge in [-0.3, -0.25) is 4.90 Å². The first-order valence-corrected chi connectivity index (χ1v) is 8.45. The molecule has 3 N–H and O–H groups in total. The van der Waals surface area contributed by atoms with E-state index in [9.17, 15) is 0 Å². The molecule has 0 saturated carbocycles. The summed E-state index contributed by atoms with van der Waals surface area (Å²) >= 11 is 0. The predicted octanol–water partition coefficient (Wildman–Crippen LogP) is 2.96. The lowest BCUT2D eigenvalue weighted by Crippen LogP contribution is -2.49. The first kappa shape index (κ1) is 14.0. The van der Waals surface area contributed by atoms with Crippen molar-refractivity contribution in [2.45, 2.75) is 43.8 Å². The predicted molar refractivity (Wildman–Crippen MR) is 93.0 cm³/mol. The van der Waals surface area contributed by atoms with E-state index in [1.54, 1.807) is 0 Å². The summed E-state index contributed by atoms with van der Waals surface area (Å²) in [5.41, 5.74) is 12.0. The second-order valence-electron chi connectivity index (χ2n) is 6.81. The SMILES string of the molecule is C=CCN1C[C@@H](N)C=C2c3cccc4c3[C@H](C[C@H]21)C(CC)N4. The third-order valence-corrected chi connectivity index (χ3v) is 5.53. The second-order valence-corrected chi connectivity index (χ2v) is 6.81. The highest BCUT2D eigenvalue weighted by Crippen LogP contribution is 2.50. The van der Waals surface area contributed by atoms with Crippen LogP contribution in [-0.4, -0.2) is 36.1 Å². The van der Waals surface area contributed by atoms with Crippen molar-refractivity contribution in [1.82, 2.24) is 4.90 Å². The summed E-state index contributed by atoms with van der Waals surface area (Å²) in [6.07, 6.45) is 6.68. The Bertz CT molecular complexity index is 634. The molecule has 0 fully saturated rings. The van der Waals surface area contributed by atoms with Crippen molar-refractivity contribution >= 4 is 11.3 Å². The van der Waals surface area contributed by atoms with Crippen molar-refractivity contribution in [3.05, 3.63) is 48.1 Å². The highest BCUT2D eigenvalue weighted by atomic mass is 15.2. The minimum absolute atomic E-state index is 0.120. The molecule has 0 spiro atoms. The maximum atomic E-state index is 6.29. The number of benzene rings is 1. The number of rotatable bonds is 3. The van der Waals surface area contributed by atoms with E-state index in [1.165, 1.54) is 35.2 Å². The van der Waals surface area contributed by atoms with Crippen LogP contribution in [0.25, 0.3) is 5.57 Å². The van der Waals surface area contributed by atoms with Gasteiger partial charge < -0.3 is 11.1 Å². The van der Waals surface area contributed by atoms with Gasteiger partial charge in [-0.25, -0.2) is 0 Å². The van der Waals surface area contributed by atoms with Crippen molar-refractivity contribution in [2.24, 2.45) is 5.73 Å². The lowest BCUT2D eigenvalue weighted by atomic mass is 9.73. The van der Waals surface area contributed by atoms with Gasteiger partial charge in [0.05, 0.1) is 0 Å². The van der Waals surface area contributed by atoms with Crippen LogP contribution < -0.4 is 11.1 Å². The summed E-state index contributed by atoms with van der Waals surface area (Å²) in [6.45, 7) is 8.07. The zero-order valence-corrected chi connectivity index (χ0v) is 13.3. The van der Waals surface area contributed by atoms with Crippen LogP contribution in [0.15, 0.2) is 36.9 Å². The van der Waals surface area contributed by atoms with Gasteiger partial charge in [0.25, 0.3) is 0 Å². The minimum Gasteiger partial charge on any atom is -0.381 e. The van der Waals surface area contributed by atoms with Gasteiger partial charge in [-0.1, -0.05) is 31.2 Å². The Morgan fingerprint density at radius 2 is 2.32 bits per heavy atom. The standard InChI is InChI=1S/C19H25N3/c1-3-8-22-11-12(20)9-14-13-6-5-7-17-19(13)15(10-18(14)22)16(4-2)21-17/h3,5-7,9,12,15-16,18,21H,1,4,8,10-11,20H2,2H3/t12-,15+,16?,18+/m0/s1. The van der Waals surface area contributed by atoms with E-state index in [1.807, 2.05) is 6.08 Å². The van der Waals surface area contributed by atoms with E-state index >= 15 is 0 Å². The smallest absolute Gasteiger partial charge is 0.0384 e. The lowest BCUT2D eigenvalue weighted by Gasteiger charge is -2.43. The van der Waals surface area contributed by atoms with E-state index in [4.69, 9.17) is 5.73 Å². The van der Waals surface area contributed by atoms with Crippen molar-refractivity contribution in [1.29, 1.82) is 0 Å². The molecule has 1 aromatic rings. The molecule has 4 rings (SSSR count). The normalized spacial score (nSPS) is 32.7. The average molecular weight is 295 g/mol. The molecular weight excluding hydrogens is 270 g/mol. The van der Waals surface area contributed by atoms with Gasteiger partial charge in [-0.05, 0) is 35.6 Å². The largest absolute Gasteiger partial charge is 0.381 e. The molecule has 3 aliphatic rings. The quantitative estimate of drug-likeness (QED) is 0.842. The number of nitrogens with zero attached hydrogens (tertiary/aromatic N) is 1. The molecule has 1 aromatic carbocycles. The molecule has 0 radical (unpaired) electrons. The molecule has 0 saturated heterocycles. The highest BCUT2D eigenvalue weighted by Gasteiger charge is 2.43. The molecule has 3 heteroatoms. The monoisotopic (exact) mass is 295 g/mol. The summed E-state index contributed by atoms with van der Waals surface area (Å²) in [5.74, 6) is 0.625. The van der Waals surface area contributed by atoms with Gasteiger partial charge in [0, 0.05) is 42.8 Å². The van der Waals surface area contributed by atoms with Crippen LogP contribution in [-0.2, 0) is 0 Å². The van der Waals surface area contributed by atoms with E-state index < -0.39 is 0 Å². The fourth-order valence-electron chi connectivity index (χ4n) is 4.66. The molecule has 0 bridgehead atoms. The summed E-state index contributed by atoms with van der Waals surface area (Å²) in [7, 11) is 0. The molecular formula is C19H25N3. The fourth-order valence-corrected chi connectivity index (χ4v) is 4.66. The van der Waals surface area contributed by atoms with Crippen molar-refractivity contribution in [3.8, 4) is 0 Å². The average Bonchev–Trinajstić information content (AvgIpc) is 2.88. The number of hydrogen-bond acceptors (Lipinski definition) is 3. The van der Waals surface area contributed by atoms with Crippen LogP contribution in [0.4, 0.5) is 5.69 Å². The number of nitrogens with one attached hydrogen (secondary N) is 1. The maximum Gasteiger partial charge on any atom is 0.0384 e. The summed E-state index contributed by atoms with van der Waals surface area (Å²) in [4.78, 5) is 2.51. The Morgan fingerprint density at radius 1 is 1.45 bits per heavy atom. The first-order chi connectivity index (χ1) is 10.7. The van der Waals surface area contributed by atoms with Crippen molar-refractivity contribution in [2.75, 3.05) is 18.4 Å². The Balaban J connectivity index is 1.83. The molecule has 1 aliphatic carbocycles. The molecule has 116 valence electrons. The Labute approximate surface area is 132 Å². The Kier molecular flexibility index (Phi) is 3.35. The molecule has 3 nitrogen and oxygen atoms in total. The molecule has 22 heavy (non-hydrogen) atoms. The van der Waals surface area contributed by atoms with Gasteiger partial charge in [0.15, 0.2) is 0 Å². The van der Waals surface area contributed by atoms with Crippen LogP contribution in [0, 0.1) is 0 Å². The second kappa shape index (κ2) is 5.25. The van der Waals surface area contributed by atoms with E-state index in [0.717, 1.165) is 13.1 Å². The summed E-state index contributed by atoms with van der Waals surface area (Å²) < 4.78 is 0. The number of hydrogen-bond donors (Lipinski definition) is 2. The molecule has 2 aliphatic heterocycles. The third-order valence-electron chi connectivity index (χ3n) is 5.53. The van der Waals surface area contributed by atoms with Crippen LogP contribution in [0.1, 0.15) is 36.8 Å². The molecule has 4 atom stereocenters. The van der Waals surface area contributed by atoms with Gasteiger partial charge >= 0.3 is 0 Å². The molecule has 0 amide bonds. The summed E-state index contributed by atoms with van der Waals surface area (Å²) in [5, 5.41) is 3.74. The van der Waals surface area contributed by atoms with Crippen LogP contribution >= 0.6 is 0 Å². The fraction of sp³-hybridized carbons (Fsp3) is 0.474. The summed E-state index contributed by atoms with van der Waals surface area (Å²) in [6, 6.07) is 7.87. The zero-order valence-electron chi connectivity index (χ0n) is 13.3. The van der Waals surface area contributed by atoms with Gasteiger partial charge in [0.1, 0.15) is 0 Å². The first-order valence-electron chi connectivity index (χ1n) is 8.45. The highest BCUT2D eigenvalue weighted by molar-refractivity contribution is 5.82. The van der Waals surface area contributed by atoms with Crippen LogP contribution in [0.2, 0.25) is 0 Å². The van der Waals surface area contributed by atoms with Crippen LogP contribution in [0.3, 0.4) is 0 Å². The van der Waals surface area contributed by atoms with Gasteiger partial charge in [-0.2, -0.15) is 0 Å². The molecule has 1 unspecified atom stereocenters. The lowest BCUT2D eigenvalue weighted by molar-refractivity contribution is 0.218. The number of fused-ring (bicyclic) bond motifs is 2.